The van der Waals surface area contributed by atoms with Gasteiger partial charge < -0.3 is 14.2 Å². The third-order valence-electron chi connectivity index (χ3n) is 11.2. The normalized spacial score (nSPS) is 13.1. The Morgan fingerprint density at radius 3 is 0.884 bits per heavy atom. The van der Waals surface area contributed by atoms with Crippen LogP contribution in [0.25, 0.3) is 0 Å². The lowest BCUT2D eigenvalue weighted by atomic mass is 10.1. The molecule has 0 saturated heterocycles. The van der Waals surface area contributed by atoms with Crippen molar-refractivity contribution in [3.63, 3.8) is 0 Å². The molecule has 0 aliphatic carbocycles. The van der Waals surface area contributed by atoms with Crippen LogP contribution in [-0.2, 0) is 28.6 Å². The van der Waals surface area contributed by atoms with Crippen molar-refractivity contribution in [2.24, 2.45) is 0 Å². The molecule has 0 fully saturated rings. The Hall–Kier alpha value is -4.45. The Balaban J connectivity index is 4.21. The van der Waals surface area contributed by atoms with Gasteiger partial charge in [0, 0.05) is 19.3 Å². The van der Waals surface area contributed by atoms with E-state index in [-0.39, 0.29) is 31.1 Å². The monoisotopic (exact) mass is 953 g/mol. The smallest absolute Gasteiger partial charge is 0.306 e. The number of hydrogen-bond donors (Lipinski definition) is 0. The van der Waals surface area contributed by atoms with Gasteiger partial charge in [-0.1, -0.05) is 225 Å². The van der Waals surface area contributed by atoms with Crippen molar-refractivity contribution in [1.82, 2.24) is 0 Å². The van der Waals surface area contributed by atoms with E-state index in [1.807, 2.05) is 0 Å². The molecule has 0 saturated carbocycles. The van der Waals surface area contributed by atoms with Crippen molar-refractivity contribution in [3.05, 3.63) is 134 Å². The molecule has 0 rings (SSSR count). The predicted molar refractivity (Wildman–Crippen MR) is 297 cm³/mol. The van der Waals surface area contributed by atoms with E-state index in [0.29, 0.717) is 19.3 Å². The fraction of sp³-hybridized carbons (Fsp3) is 0.603. The number of carbonyl (C=O) groups is 3. The topological polar surface area (TPSA) is 78.9 Å². The summed E-state index contributed by atoms with van der Waals surface area (Å²) in [5, 5.41) is 0. The number of ether oxygens (including phenoxy) is 3. The van der Waals surface area contributed by atoms with Crippen LogP contribution in [0.15, 0.2) is 134 Å². The molecular weight excluding hydrogens is 853 g/mol. The molecule has 0 aliphatic rings. The lowest BCUT2D eigenvalue weighted by Crippen LogP contribution is -2.30. The summed E-state index contributed by atoms with van der Waals surface area (Å²) in [6.45, 7) is 6.28. The Kier molecular flexibility index (Phi) is 52.5. The summed E-state index contributed by atoms with van der Waals surface area (Å²) in [6, 6.07) is 0. The molecule has 0 aromatic rings. The van der Waals surface area contributed by atoms with Gasteiger partial charge in [0.05, 0.1) is 0 Å². The van der Waals surface area contributed by atoms with Crippen LogP contribution < -0.4 is 0 Å². The van der Waals surface area contributed by atoms with E-state index >= 15 is 0 Å². The summed E-state index contributed by atoms with van der Waals surface area (Å²) in [4.78, 5) is 37.7. The Morgan fingerprint density at radius 2 is 0.565 bits per heavy atom. The standard InChI is InChI=1S/C63H100O6/c1-4-7-10-13-15-17-19-21-23-25-26-27-28-29-30-31-32-33-34-35-36-38-39-41-43-45-47-50-53-56-62(65)68-59-60(58-67-61(64)55-52-49-12-9-6-3)69-63(66)57-54-51-48-46-44-42-40-37-24-22-20-18-16-14-11-8-5-2/h7-8,10-11,15-18,21-24,26-27,29-30,32-33,35-36,39,41,60H,4-6,9,12-14,19-20,25,28,31,34,37-38,40,42-59H2,1-3H3/b10-7-,11-8-,17-15-,18-16-,23-21-,24-22-,27-26-,30-29-,33-32-,36-35-,41-39-. The number of allylic oxidation sites excluding steroid dienone is 22. The first-order chi connectivity index (χ1) is 34.0. The predicted octanol–water partition coefficient (Wildman–Crippen LogP) is 18.6. The van der Waals surface area contributed by atoms with Crippen molar-refractivity contribution < 1.29 is 28.6 Å². The highest BCUT2D eigenvalue weighted by Gasteiger charge is 2.19. The molecule has 0 N–H and O–H groups in total. The number of rotatable bonds is 48. The maximum atomic E-state index is 12.8. The molecule has 1 unspecified atom stereocenters. The van der Waals surface area contributed by atoms with E-state index in [4.69, 9.17) is 14.2 Å². The Labute approximate surface area is 424 Å². The quantitative estimate of drug-likeness (QED) is 0.0262. The summed E-state index contributed by atoms with van der Waals surface area (Å²) >= 11 is 0. The van der Waals surface area contributed by atoms with E-state index in [9.17, 15) is 14.4 Å². The molecule has 0 radical (unpaired) electrons. The van der Waals surface area contributed by atoms with Gasteiger partial charge in [-0.05, 0) is 116 Å². The van der Waals surface area contributed by atoms with Crippen molar-refractivity contribution in [2.75, 3.05) is 13.2 Å². The molecule has 388 valence electrons. The Morgan fingerprint density at radius 1 is 0.304 bits per heavy atom. The van der Waals surface area contributed by atoms with E-state index in [1.165, 1.54) is 25.7 Å². The van der Waals surface area contributed by atoms with E-state index in [0.717, 1.165) is 161 Å². The summed E-state index contributed by atoms with van der Waals surface area (Å²) in [5.74, 6) is -0.953. The third kappa shape index (κ3) is 54.4. The van der Waals surface area contributed by atoms with Crippen LogP contribution >= 0.6 is 0 Å². The van der Waals surface area contributed by atoms with Crippen molar-refractivity contribution in [1.29, 1.82) is 0 Å². The highest BCUT2D eigenvalue weighted by atomic mass is 16.6. The van der Waals surface area contributed by atoms with E-state index in [2.05, 4.69) is 154 Å². The zero-order valence-electron chi connectivity index (χ0n) is 44.3. The summed E-state index contributed by atoms with van der Waals surface area (Å²) in [7, 11) is 0. The summed E-state index contributed by atoms with van der Waals surface area (Å²) in [6.07, 6.45) is 79.1. The average molecular weight is 953 g/mol. The Bertz CT molecular complexity index is 1510. The second-order valence-electron chi connectivity index (χ2n) is 17.7. The molecule has 6 heteroatoms. The minimum Gasteiger partial charge on any atom is -0.462 e. The van der Waals surface area contributed by atoms with Crippen LogP contribution in [0.4, 0.5) is 0 Å². The number of unbranched alkanes of at least 4 members (excludes halogenated alkanes) is 15. The van der Waals surface area contributed by atoms with Crippen LogP contribution in [0.3, 0.4) is 0 Å². The van der Waals surface area contributed by atoms with Crippen LogP contribution in [0.5, 0.6) is 0 Å². The average Bonchev–Trinajstić information content (AvgIpc) is 3.35. The maximum Gasteiger partial charge on any atom is 0.306 e. The number of esters is 3. The lowest BCUT2D eigenvalue weighted by molar-refractivity contribution is -0.167. The van der Waals surface area contributed by atoms with Gasteiger partial charge in [0.15, 0.2) is 6.10 Å². The van der Waals surface area contributed by atoms with Crippen LogP contribution in [-0.4, -0.2) is 37.2 Å². The first kappa shape index (κ1) is 64.5. The van der Waals surface area contributed by atoms with Gasteiger partial charge in [0.1, 0.15) is 13.2 Å². The zero-order valence-corrected chi connectivity index (χ0v) is 44.3. The molecule has 1 atom stereocenters. The molecule has 0 aliphatic heterocycles. The second kappa shape index (κ2) is 56.1. The number of carbonyl (C=O) groups excluding carboxylic acids is 3. The molecule has 0 heterocycles. The first-order valence-electron chi connectivity index (χ1n) is 27.7. The largest absolute Gasteiger partial charge is 0.462 e. The van der Waals surface area contributed by atoms with Gasteiger partial charge in [0.25, 0.3) is 0 Å². The molecule has 0 aromatic carbocycles. The zero-order chi connectivity index (χ0) is 50.0. The molecule has 0 amide bonds. The lowest BCUT2D eigenvalue weighted by Gasteiger charge is -2.18. The van der Waals surface area contributed by atoms with Gasteiger partial charge in [-0.3, -0.25) is 14.4 Å². The van der Waals surface area contributed by atoms with Gasteiger partial charge >= 0.3 is 17.9 Å². The maximum absolute atomic E-state index is 12.8. The van der Waals surface area contributed by atoms with Crippen molar-refractivity contribution in [3.8, 4) is 0 Å². The van der Waals surface area contributed by atoms with Gasteiger partial charge in [0.2, 0.25) is 0 Å². The van der Waals surface area contributed by atoms with E-state index in [1.54, 1.807) is 0 Å². The molecular formula is C63H100O6. The highest BCUT2D eigenvalue weighted by Crippen LogP contribution is 2.13. The first-order valence-corrected chi connectivity index (χ1v) is 27.7. The van der Waals surface area contributed by atoms with Crippen LogP contribution in [0, 0.1) is 0 Å². The highest BCUT2D eigenvalue weighted by molar-refractivity contribution is 5.71. The summed E-state index contributed by atoms with van der Waals surface area (Å²) in [5.41, 5.74) is 0. The fourth-order valence-corrected chi connectivity index (χ4v) is 7.06. The van der Waals surface area contributed by atoms with E-state index < -0.39 is 6.10 Å². The fourth-order valence-electron chi connectivity index (χ4n) is 7.06. The minimum atomic E-state index is -0.795. The van der Waals surface area contributed by atoms with Gasteiger partial charge in [-0.2, -0.15) is 0 Å². The van der Waals surface area contributed by atoms with Crippen LogP contribution in [0.2, 0.25) is 0 Å². The minimum absolute atomic E-state index is 0.0951. The second-order valence-corrected chi connectivity index (χ2v) is 17.7. The van der Waals surface area contributed by atoms with Crippen molar-refractivity contribution >= 4 is 17.9 Å². The number of hydrogen-bond acceptors (Lipinski definition) is 6. The molecule has 69 heavy (non-hydrogen) atoms. The van der Waals surface area contributed by atoms with Gasteiger partial charge in [-0.25, -0.2) is 0 Å². The summed E-state index contributed by atoms with van der Waals surface area (Å²) < 4.78 is 16.7. The molecule has 0 bridgehead atoms. The molecule has 0 spiro atoms. The van der Waals surface area contributed by atoms with Crippen molar-refractivity contribution in [2.45, 2.75) is 232 Å². The molecule has 6 nitrogen and oxygen atoms in total. The molecule has 0 aromatic heterocycles. The third-order valence-corrected chi connectivity index (χ3v) is 11.2. The van der Waals surface area contributed by atoms with Gasteiger partial charge in [-0.15, -0.1) is 0 Å². The van der Waals surface area contributed by atoms with Crippen LogP contribution in [0.1, 0.15) is 226 Å². The SMILES string of the molecule is CC/C=C\C/C=C\C/C=C\C/C=C\C/C=C\C/C=C\C/C=C\C/C=C\CCCCCCC(=O)OCC(COC(=O)CCCCCCC)OC(=O)CCCCCCCCC/C=C\C/C=C\C/C=C\CC.